The maximum atomic E-state index is 12.7. The minimum absolute atomic E-state index is 0.239. The molecule has 0 amide bonds. The van der Waals surface area contributed by atoms with E-state index in [-0.39, 0.29) is 6.04 Å². The van der Waals surface area contributed by atoms with Crippen LogP contribution in [0.15, 0.2) is 18.2 Å². The van der Waals surface area contributed by atoms with Crippen LogP contribution >= 0.6 is 0 Å². The molecule has 106 valence electrons. The van der Waals surface area contributed by atoms with Crippen LogP contribution in [-0.2, 0) is 17.5 Å². The topological polar surface area (TPSA) is 32.7 Å². The lowest BCUT2D eigenvalue weighted by atomic mass is 10.1. The van der Waals surface area contributed by atoms with Crippen molar-refractivity contribution in [2.45, 2.75) is 25.2 Å². The molecule has 0 bridgehead atoms. The molecule has 1 N–H and O–H groups in total. The van der Waals surface area contributed by atoms with Gasteiger partial charge in [0.05, 0.1) is 12.2 Å². The molecule has 6 heteroatoms. The van der Waals surface area contributed by atoms with Crippen molar-refractivity contribution < 1.29 is 23.0 Å². The van der Waals surface area contributed by atoms with E-state index in [1.165, 1.54) is 6.07 Å². The Morgan fingerprint density at radius 3 is 2.74 bits per heavy atom. The van der Waals surface area contributed by atoms with Crippen LogP contribution < -0.4 is 0 Å². The van der Waals surface area contributed by atoms with Crippen LogP contribution in [0.25, 0.3) is 0 Å². The summed E-state index contributed by atoms with van der Waals surface area (Å²) >= 11 is 0. The van der Waals surface area contributed by atoms with Gasteiger partial charge in [-0.05, 0) is 31.2 Å². The predicted molar refractivity (Wildman–Crippen MR) is 63.8 cm³/mol. The van der Waals surface area contributed by atoms with Crippen LogP contribution in [0.2, 0.25) is 0 Å². The SMILES string of the molecule is CN(Cc1ccc(O)c(C(F)(F)F)c1)C1CCOC1. The normalized spacial score (nSPS) is 20.2. The third kappa shape index (κ3) is 3.39. The van der Waals surface area contributed by atoms with Crippen LogP contribution in [0, 0.1) is 0 Å². The number of nitrogens with zero attached hydrogens (tertiary/aromatic N) is 1. The van der Waals surface area contributed by atoms with Crippen LogP contribution in [0.5, 0.6) is 5.75 Å². The Bertz CT molecular complexity index is 442. The zero-order chi connectivity index (χ0) is 14.0. The lowest BCUT2D eigenvalue weighted by Crippen LogP contribution is -2.31. The number of phenols is 1. The maximum absolute atomic E-state index is 12.7. The third-order valence-corrected chi connectivity index (χ3v) is 3.33. The summed E-state index contributed by atoms with van der Waals surface area (Å²) in [5.74, 6) is -0.733. The molecule has 1 fully saturated rings. The summed E-state index contributed by atoms with van der Waals surface area (Å²) in [6, 6.07) is 3.85. The number of benzene rings is 1. The molecule has 1 heterocycles. The Morgan fingerprint density at radius 1 is 1.42 bits per heavy atom. The van der Waals surface area contributed by atoms with E-state index in [4.69, 9.17) is 4.74 Å². The van der Waals surface area contributed by atoms with Crippen molar-refractivity contribution in [3.05, 3.63) is 29.3 Å². The summed E-state index contributed by atoms with van der Waals surface area (Å²) < 4.78 is 43.3. The minimum atomic E-state index is -4.53. The fourth-order valence-corrected chi connectivity index (χ4v) is 2.20. The number of likely N-dealkylation sites (N-methyl/N-ethyl adjacent to an activating group) is 1. The van der Waals surface area contributed by atoms with Gasteiger partial charge < -0.3 is 9.84 Å². The molecule has 19 heavy (non-hydrogen) atoms. The van der Waals surface area contributed by atoms with E-state index in [1.54, 1.807) is 0 Å². The molecule has 0 aromatic heterocycles. The van der Waals surface area contributed by atoms with Gasteiger partial charge in [0.2, 0.25) is 0 Å². The first-order valence-electron chi connectivity index (χ1n) is 6.05. The van der Waals surface area contributed by atoms with Gasteiger partial charge in [-0.2, -0.15) is 13.2 Å². The number of rotatable bonds is 3. The Hall–Kier alpha value is -1.27. The second kappa shape index (κ2) is 5.38. The van der Waals surface area contributed by atoms with Gasteiger partial charge in [-0.15, -0.1) is 0 Å². The van der Waals surface area contributed by atoms with E-state index >= 15 is 0 Å². The molecule has 1 saturated heterocycles. The molecule has 1 aromatic rings. The minimum Gasteiger partial charge on any atom is -0.507 e. The van der Waals surface area contributed by atoms with E-state index in [9.17, 15) is 18.3 Å². The van der Waals surface area contributed by atoms with Crippen molar-refractivity contribution in [3.8, 4) is 5.75 Å². The van der Waals surface area contributed by atoms with Gasteiger partial charge in [0.15, 0.2) is 0 Å². The van der Waals surface area contributed by atoms with E-state index in [0.717, 1.165) is 18.6 Å². The molecule has 0 saturated carbocycles. The molecule has 0 spiro atoms. The summed E-state index contributed by atoms with van der Waals surface area (Å²) in [5, 5.41) is 9.26. The Kier molecular flexibility index (Phi) is 4.01. The average Bonchev–Trinajstić information content (AvgIpc) is 2.83. The van der Waals surface area contributed by atoms with Crippen LogP contribution in [-0.4, -0.2) is 36.3 Å². The fourth-order valence-electron chi connectivity index (χ4n) is 2.20. The summed E-state index contributed by atoms with van der Waals surface area (Å²) in [5.41, 5.74) is -0.458. The first-order chi connectivity index (χ1) is 8.88. The highest BCUT2D eigenvalue weighted by Crippen LogP contribution is 2.36. The van der Waals surface area contributed by atoms with E-state index in [2.05, 4.69) is 0 Å². The highest BCUT2D eigenvalue weighted by atomic mass is 19.4. The Balaban J connectivity index is 2.12. The standard InChI is InChI=1S/C13H16F3NO2/c1-17(10-4-5-19-8-10)7-9-2-3-12(18)11(6-9)13(14,15)16/h2-3,6,10,18H,4-5,7-8H2,1H3. The molecule has 1 aromatic carbocycles. The number of aromatic hydroxyl groups is 1. The highest BCUT2D eigenvalue weighted by molar-refractivity contribution is 5.38. The summed E-state index contributed by atoms with van der Waals surface area (Å²) in [4.78, 5) is 1.97. The lowest BCUT2D eigenvalue weighted by Gasteiger charge is -2.23. The van der Waals surface area contributed by atoms with Crippen LogP contribution in [0.3, 0.4) is 0 Å². The van der Waals surface area contributed by atoms with Gasteiger partial charge in [0.1, 0.15) is 5.75 Å². The number of ether oxygens (including phenoxy) is 1. The smallest absolute Gasteiger partial charge is 0.419 e. The summed E-state index contributed by atoms with van der Waals surface area (Å²) in [6.45, 7) is 1.70. The third-order valence-electron chi connectivity index (χ3n) is 3.33. The molecule has 0 aliphatic carbocycles. The van der Waals surface area contributed by atoms with Crippen molar-refractivity contribution in [1.29, 1.82) is 0 Å². The summed E-state index contributed by atoms with van der Waals surface area (Å²) in [6.07, 6.45) is -3.64. The molecule has 3 nitrogen and oxygen atoms in total. The molecule has 0 radical (unpaired) electrons. The maximum Gasteiger partial charge on any atom is 0.419 e. The second-order valence-corrected chi connectivity index (χ2v) is 4.78. The molecule has 1 aliphatic rings. The summed E-state index contributed by atoms with van der Waals surface area (Å²) in [7, 11) is 1.86. The quantitative estimate of drug-likeness (QED) is 0.920. The average molecular weight is 275 g/mol. The number of hydrogen-bond donors (Lipinski definition) is 1. The molecule has 2 rings (SSSR count). The van der Waals surface area contributed by atoms with Crippen molar-refractivity contribution >= 4 is 0 Å². The molecule has 1 aliphatic heterocycles. The fraction of sp³-hybridized carbons (Fsp3) is 0.538. The number of alkyl halides is 3. The predicted octanol–water partition coefficient (Wildman–Crippen LogP) is 2.63. The van der Waals surface area contributed by atoms with Gasteiger partial charge in [-0.3, -0.25) is 4.90 Å². The number of phenolic OH excluding ortho intramolecular Hbond substituents is 1. The molecular formula is C13H16F3NO2. The largest absolute Gasteiger partial charge is 0.507 e. The van der Waals surface area contributed by atoms with E-state index < -0.39 is 17.5 Å². The van der Waals surface area contributed by atoms with Gasteiger partial charge in [0, 0.05) is 19.2 Å². The van der Waals surface area contributed by atoms with Gasteiger partial charge >= 0.3 is 6.18 Å². The monoisotopic (exact) mass is 275 g/mol. The van der Waals surface area contributed by atoms with Gasteiger partial charge in [0.25, 0.3) is 0 Å². The lowest BCUT2D eigenvalue weighted by molar-refractivity contribution is -0.138. The highest BCUT2D eigenvalue weighted by Gasteiger charge is 2.34. The number of hydrogen-bond acceptors (Lipinski definition) is 3. The number of halogens is 3. The van der Waals surface area contributed by atoms with Crippen LogP contribution in [0.4, 0.5) is 13.2 Å². The van der Waals surface area contributed by atoms with Crippen LogP contribution in [0.1, 0.15) is 17.5 Å². The van der Waals surface area contributed by atoms with Crippen molar-refractivity contribution in [1.82, 2.24) is 4.90 Å². The Morgan fingerprint density at radius 2 is 2.16 bits per heavy atom. The first-order valence-corrected chi connectivity index (χ1v) is 6.05. The van der Waals surface area contributed by atoms with Crippen molar-refractivity contribution in [2.75, 3.05) is 20.3 Å². The van der Waals surface area contributed by atoms with Crippen molar-refractivity contribution in [2.24, 2.45) is 0 Å². The zero-order valence-electron chi connectivity index (χ0n) is 10.6. The van der Waals surface area contributed by atoms with Gasteiger partial charge in [-0.25, -0.2) is 0 Å². The van der Waals surface area contributed by atoms with Crippen molar-refractivity contribution in [3.63, 3.8) is 0 Å². The molecule has 1 atom stereocenters. The van der Waals surface area contributed by atoms with Gasteiger partial charge in [-0.1, -0.05) is 6.07 Å². The van der Waals surface area contributed by atoms with E-state index in [1.807, 2.05) is 11.9 Å². The zero-order valence-corrected chi connectivity index (χ0v) is 10.6. The molecule has 1 unspecified atom stereocenters. The first kappa shape index (κ1) is 14.1. The molecular weight excluding hydrogens is 259 g/mol. The Labute approximate surface area is 109 Å². The second-order valence-electron chi connectivity index (χ2n) is 4.78. The van der Waals surface area contributed by atoms with E-state index in [0.29, 0.717) is 25.3 Å².